The number of unbranched alkanes of at least 4 members (excludes halogenated alkanes) is 15. The van der Waals surface area contributed by atoms with Crippen molar-refractivity contribution in [2.45, 2.75) is 148 Å². The van der Waals surface area contributed by atoms with E-state index in [1.165, 1.54) is 151 Å². The molecule has 1 aromatic rings. The maximum atomic E-state index is 2.42. The average molecular weight is 491 g/mol. The SMILES string of the molecule is CCCCCCCC[N+](CCCCCCCC)(CCCCCCCC)Cc1ccccc1SC. The highest BCUT2D eigenvalue weighted by Gasteiger charge is 2.27. The van der Waals surface area contributed by atoms with E-state index >= 15 is 0 Å². The summed E-state index contributed by atoms with van der Waals surface area (Å²) in [6, 6.07) is 9.25. The van der Waals surface area contributed by atoms with Crippen LogP contribution in [0.5, 0.6) is 0 Å². The van der Waals surface area contributed by atoms with Crippen LogP contribution in [0.25, 0.3) is 0 Å². The Morgan fingerprint density at radius 1 is 0.529 bits per heavy atom. The summed E-state index contributed by atoms with van der Waals surface area (Å²) in [5.74, 6) is 0. The van der Waals surface area contributed by atoms with Crippen molar-refractivity contribution in [2.24, 2.45) is 0 Å². The van der Waals surface area contributed by atoms with Gasteiger partial charge >= 0.3 is 0 Å². The molecule has 1 nitrogen and oxygen atoms in total. The van der Waals surface area contributed by atoms with Crippen molar-refractivity contribution < 1.29 is 4.48 Å². The van der Waals surface area contributed by atoms with Gasteiger partial charge in [-0.05, 0) is 50.8 Å². The van der Waals surface area contributed by atoms with Gasteiger partial charge in [0.05, 0.1) is 19.6 Å². The van der Waals surface area contributed by atoms with E-state index in [1.54, 1.807) is 5.56 Å². The molecule has 0 atom stereocenters. The highest BCUT2D eigenvalue weighted by atomic mass is 32.2. The highest BCUT2D eigenvalue weighted by molar-refractivity contribution is 7.98. The van der Waals surface area contributed by atoms with Gasteiger partial charge in [0.25, 0.3) is 0 Å². The van der Waals surface area contributed by atoms with Gasteiger partial charge in [-0.25, -0.2) is 0 Å². The summed E-state index contributed by atoms with van der Waals surface area (Å²) in [5, 5.41) is 0. The van der Waals surface area contributed by atoms with Crippen LogP contribution in [0.4, 0.5) is 0 Å². The molecule has 0 aromatic heterocycles. The zero-order valence-electron chi connectivity index (χ0n) is 23.7. The van der Waals surface area contributed by atoms with Crippen molar-refractivity contribution in [1.82, 2.24) is 0 Å². The smallest absolute Gasteiger partial charge is 0.105 e. The number of quaternary nitrogens is 1. The highest BCUT2D eigenvalue weighted by Crippen LogP contribution is 2.27. The summed E-state index contributed by atoms with van der Waals surface area (Å²) >= 11 is 1.94. The fourth-order valence-electron chi connectivity index (χ4n) is 5.45. The number of thioether (sulfide) groups is 1. The molecule has 0 heterocycles. The van der Waals surface area contributed by atoms with Crippen LogP contribution in [0.3, 0.4) is 0 Å². The van der Waals surface area contributed by atoms with Crippen LogP contribution < -0.4 is 0 Å². The van der Waals surface area contributed by atoms with E-state index < -0.39 is 0 Å². The maximum Gasteiger partial charge on any atom is 0.105 e. The van der Waals surface area contributed by atoms with Crippen LogP contribution in [0.2, 0.25) is 0 Å². The summed E-state index contributed by atoms with van der Waals surface area (Å²) in [5.41, 5.74) is 1.60. The van der Waals surface area contributed by atoms with Gasteiger partial charge < -0.3 is 4.48 Å². The fourth-order valence-corrected chi connectivity index (χ4v) is 6.06. The minimum absolute atomic E-state index is 1.25. The first-order valence-corrected chi connectivity index (χ1v) is 16.4. The molecule has 1 aromatic carbocycles. The zero-order chi connectivity index (χ0) is 24.7. The topological polar surface area (TPSA) is 0 Å². The van der Waals surface area contributed by atoms with Crippen LogP contribution >= 0.6 is 11.8 Å². The van der Waals surface area contributed by atoms with Crippen molar-refractivity contribution in [3.05, 3.63) is 29.8 Å². The summed E-state index contributed by atoms with van der Waals surface area (Å²) in [7, 11) is 0. The Hall–Kier alpha value is -0.470. The molecule has 0 fully saturated rings. The van der Waals surface area contributed by atoms with Crippen LogP contribution in [-0.4, -0.2) is 30.4 Å². The van der Waals surface area contributed by atoms with Gasteiger partial charge in [0.1, 0.15) is 6.54 Å². The molecule has 0 bridgehead atoms. The standard InChI is InChI=1S/C32H60NS/c1-5-8-11-14-17-22-27-33(28-23-18-15-12-9-6-2,29-24-19-16-13-10-7-3)30-31-25-20-21-26-32(31)34-4/h20-21,25-26H,5-19,22-24,27-30H2,1-4H3/q+1. The van der Waals surface area contributed by atoms with Gasteiger partial charge in [-0.15, -0.1) is 11.8 Å². The normalized spacial score (nSPS) is 11.9. The van der Waals surface area contributed by atoms with Gasteiger partial charge in [-0.2, -0.15) is 0 Å². The van der Waals surface area contributed by atoms with Gasteiger partial charge in [0, 0.05) is 10.5 Å². The maximum absolute atomic E-state index is 2.42. The molecule has 2 heteroatoms. The molecule has 34 heavy (non-hydrogen) atoms. The summed E-state index contributed by atoms with van der Waals surface area (Å²) in [4.78, 5) is 1.50. The fraction of sp³-hybridized carbons (Fsp3) is 0.812. The van der Waals surface area contributed by atoms with Crippen LogP contribution in [0.15, 0.2) is 29.2 Å². The Bertz CT molecular complexity index is 529. The average Bonchev–Trinajstić information content (AvgIpc) is 2.86. The number of benzene rings is 1. The number of hydrogen-bond donors (Lipinski definition) is 0. The third-order valence-electron chi connectivity index (χ3n) is 7.66. The molecule has 0 saturated heterocycles. The summed E-state index contributed by atoms with van der Waals surface area (Å²) in [6.45, 7) is 12.4. The van der Waals surface area contributed by atoms with Crippen molar-refractivity contribution >= 4 is 11.8 Å². The van der Waals surface area contributed by atoms with Crippen LogP contribution in [0, 0.1) is 0 Å². The van der Waals surface area contributed by atoms with E-state index in [-0.39, 0.29) is 0 Å². The molecule has 0 amide bonds. The van der Waals surface area contributed by atoms with Crippen LogP contribution in [-0.2, 0) is 6.54 Å². The van der Waals surface area contributed by atoms with E-state index in [9.17, 15) is 0 Å². The number of rotatable bonds is 24. The Balaban J connectivity index is 2.85. The molecule has 0 unspecified atom stereocenters. The molecular weight excluding hydrogens is 430 g/mol. The number of hydrogen-bond acceptors (Lipinski definition) is 1. The van der Waals surface area contributed by atoms with Gasteiger partial charge in [-0.1, -0.05) is 116 Å². The lowest BCUT2D eigenvalue weighted by Gasteiger charge is -2.40. The van der Waals surface area contributed by atoms with E-state index in [0.29, 0.717) is 0 Å². The minimum atomic E-state index is 1.25. The second-order valence-corrected chi connectivity index (χ2v) is 11.6. The van der Waals surface area contributed by atoms with E-state index in [2.05, 4.69) is 51.3 Å². The molecule has 0 radical (unpaired) electrons. The molecule has 0 N–H and O–H groups in total. The molecule has 0 saturated carbocycles. The van der Waals surface area contributed by atoms with E-state index in [0.717, 1.165) is 0 Å². The van der Waals surface area contributed by atoms with E-state index in [1.807, 2.05) is 11.8 Å². The lowest BCUT2D eigenvalue weighted by atomic mass is 10.0. The molecule has 0 aliphatic rings. The Labute approximate surface area is 219 Å². The molecule has 1 rings (SSSR count). The summed E-state index contributed by atoms with van der Waals surface area (Å²) < 4.78 is 1.34. The molecule has 198 valence electrons. The second-order valence-electron chi connectivity index (χ2n) is 10.8. The summed E-state index contributed by atoms with van der Waals surface area (Å²) in [6.07, 6.45) is 27.7. The largest absolute Gasteiger partial charge is 0.320 e. The van der Waals surface area contributed by atoms with Gasteiger partial charge in [0.15, 0.2) is 0 Å². The van der Waals surface area contributed by atoms with Gasteiger partial charge in [-0.3, -0.25) is 0 Å². The van der Waals surface area contributed by atoms with Crippen molar-refractivity contribution in [3.8, 4) is 0 Å². The van der Waals surface area contributed by atoms with E-state index in [4.69, 9.17) is 0 Å². The number of nitrogens with zero attached hydrogens (tertiary/aromatic N) is 1. The van der Waals surface area contributed by atoms with Crippen molar-refractivity contribution in [3.63, 3.8) is 0 Å². The van der Waals surface area contributed by atoms with Crippen LogP contribution in [0.1, 0.15) is 142 Å². The molecule has 0 spiro atoms. The molecule has 0 aliphatic heterocycles. The Kier molecular flexibility index (Phi) is 20.2. The van der Waals surface area contributed by atoms with Crippen molar-refractivity contribution in [2.75, 3.05) is 25.9 Å². The predicted octanol–water partition coefficient (Wildman–Crippen LogP) is 10.8. The first kappa shape index (κ1) is 31.6. The third kappa shape index (κ3) is 14.8. The third-order valence-corrected chi connectivity index (χ3v) is 8.49. The first-order valence-electron chi connectivity index (χ1n) is 15.2. The lowest BCUT2D eigenvalue weighted by molar-refractivity contribution is -0.941. The predicted molar refractivity (Wildman–Crippen MR) is 157 cm³/mol. The lowest BCUT2D eigenvalue weighted by Crippen LogP contribution is -2.49. The minimum Gasteiger partial charge on any atom is -0.320 e. The van der Waals surface area contributed by atoms with Crippen molar-refractivity contribution in [1.29, 1.82) is 0 Å². The molecule has 0 aliphatic carbocycles. The van der Waals surface area contributed by atoms with Gasteiger partial charge in [0.2, 0.25) is 0 Å². The first-order chi connectivity index (χ1) is 16.7. The Morgan fingerprint density at radius 2 is 0.912 bits per heavy atom. The second kappa shape index (κ2) is 21.8. The molecular formula is C32H60NS+. The quantitative estimate of drug-likeness (QED) is 0.0788. The Morgan fingerprint density at radius 3 is 1.32 bits per heavy atom. The zero-order valence-corrected chi connectivity index (χ0v) is 24.5. The monoisotopic (exact) mass is 490 g/mol.